The Bertz CT molecular complexity index is 819. The number of fused-ring (bicyclic) bond motifs is 1. The summed E-state index contributed by atoms with van der Waals surface area (Å²) in [6, 6.07) is 14.0. The molecule has 0 saturated carbocycles. The SMILES string of the molecule is COc1ccc2c(c1)OC(C)(C)C[C@H]2NC(=O)CSCc1ccccc1C. The molecule has 0 bridgehead atoms. The van der Waals surface area contributed by atoms with Crippen LogP contribution in [0.5, 0.6) is 11.5 Å². The van der Waals surface area contributed by atoms with Gasteiger partial charge in [-0.1, -0.05) is 24.3 Å². The lowest BCUT2D eigenvalue weighted by Crippen LogP contribution is -2.41. The molecule has 144 valence electrons. The molecule has 0 aromatic heterocycles. The summed E-state index contributed by atoms with van der Waals surface area (Å²) in [5, 5.41) is 3.19. The van der Waals surface area contributed by atoms with E-state index in [2.05, 4.69) is 24.4 Å². The fourth-order valence-corrected chi connectivity index (χ4v) is 4.26. The van der Waals surface area contributed by atoms with Gasteiger partial charge in [-0.25, -0.2) is 0 Å². The van der Waals surface area contributed by atoms with E-state index in [4.69, 9.17) is 9.47 Å². The highest BCUT2D eigenvalue weighted by Gasteiger charge is 2.34. The highest BCUT2D eigenvalue weighted by atomic mass is 32.2. The molecule has 2 aromatic carbocycles. The van der Waals surface area contributed by atoms with Crippen molar-refractivity contribution in [2.45, 2.75) is 44.6 Å². The zero-order chi connectivity index (χ0) is 19.4. The Balaban J connectivity index is 1.63. The van der Waals surface area contributed by atoms with Crippen LogP contribution < -0.4 is 14.8 Å². The molecule has 0 spiro atoms. The van der Waals surface area contributed by atoms with E-state index in [1.54, 1.807) is 18.9 Å². The lowest BCUT2D eigenvalue weighted by atomic mass is 9.89. The standard InChI is InChI=1S/C22H27NO3S/c1-15-7-5-6-8-16(15)13-27-14-21(24)23-19-12-22(2,3)26-20-11-17(25-4)9-10-18(19)20/h5-11,19H,12-14H2,1-4H3,(H,23,24)/t19-/m1/s1. The molecule has 1 atom stereocenters. The molecule has 0 unspecified atom stereocenters. The van der Waals surface area contributed by atoms with Crippen LogP contribution >= 0.6 is 11.8 Å². The second kappa shape index (κ2) is 8.26. The second-order valence-electron chi connectivity index (χ2n) is 7.51. The van der Waals surface area contributed by atoms with Crippen LogP contribution in [0.4, 0.5) is 0 Å². The van der Waals surface area contributed by atoms with Crippen molar-refractivity contribution in [2.75, 3.05) is 12.9 Å². The van der Waals surface area contributed by atoms with Gasteiger partial charge in [-0.3, -0.25) is 4.79 Å². The van der Waals surface area contributed by atoms with Crippen molar-refractivity contribution < 1.29 is 14.3 Å². The third-order valence-electron chi connectivity index (χ3n) is 4.77. The fourth-order valence-electron chi connectivity index (χ4n) is 3.35. The lowest BCUT2D eigenvalue weighted by molar-refractivity contribution is -0.119. The first-order valence-electron chi connectivity index (χ1n) is 9.16. The maximum absolute atomic E-state index is 12.5. The Hall–Kier alpha value is -2.14. The van der Waals surface area contributed by atoms with E-state index in [0.29, 0.717) is 5.75 Å². The minimum Gasteiger partial charge on any atom is -0.497 e. The number of carbonyl (C=O) groups excluding carboxylic acids is 1. The highest BCUT2D eigenvalue weighted by molar-refractivity contribution is 7.99. The molecule has 1 heterocycles. The Morgan fingerprint density at radius 3 is 2.81 bits per heavy atom. The largest absolute Gasteiger partial charge is 0.497 e. The van der Waals surface area contributed by atoms with Gasteiger partial charge in [0.2, 0.25) is 5.91 Å². The van der Waals surface area contributed by atoms with E-state index in [1.807, 2.05) is 44.2 Å². The Morgan fingerprint density at radius 2 is 2.07 bits per heavy atom. The van der Waals surface area contributed by atoms with Gasteiger partial charge in [0.1, 0.15) is 17.1 Å². The minimum atomic E-state index is -0.342. The van der Waals surface area contributed by atoms with Crippen LogP contribution in [0.1, 0.15) is 43.0 Å². The van der Waals surface area contributed by atoms with Gasteiger partial charge in [0.15, 0.2) is 0 Å². The molecule has 4 nitrogen and oxygen atoms in total. The number of nitrogens with one attached hydrogen (secondary N) is 1. The van der Waals surface area contributed by atoms with Crippen molar-refractivity contribution >= 4 is 17.7 Å². The first-order chi connectivity index (χ1) is 12.9. The maximum Gasteiger partial charge on any atom is 0.230 e. The van der Waals surface area contributed by atoms with Gasteiger partial charge in [-0.15, -0.1) is 11.8 Å². The first-order valence-corrected chi connectivity index (χ1v) is 10.3. The molecular weight excluding hydrogens is 358 g/mol. The number of hydrogen-bond acceptors (Lipinski definition) is 4. The molecule has 0 aliphatic carbocycles. The van der Waals surface area contributed by atoms with E-state index in [1.165, 1.54) is 11.1 Å². The molecule has 1 aliphatic heterocycles. The Morgan fingerprint density at radius 1 is 1.30 bits per heavy atom. The van der Waals surface area contributed by atoms with Crippen LogP contribution in [0, 0.1) is 6.92 Å². The van der Waals surface area contributed by atoms with E-state index in [0.717, 1.165) is 29.2 Å². The Kier molecular flexibility index (Phi) is 6.00. The lowest BCUT2D eigenvalue weighted by Gasteiger charge is -2.38. The third kappa shape index (κ3) is 4.98. The van der Waals surface area contributed by atoms with E-state index < -0.39 is 0 Å². The average Bonchev–Trinajstić information content (AvgIpc) is 2.61. The van der Waals surface area contributed by atoms with Gasteiger partial charge >= 0.3 is 0 Å². The van der Waals surface area contributed by atoms with Crippen molar-refractivity contribution in [3.05, 3.63) is 59.2 Å². The molecule has 5 heteroatoms. The number of hydrogen-bond donors (Lipinski definition) is 1. The topological polar surface area (TPSA) is 47.6 Å². The molecule has 3 rings (SSSR count). The molecule has 1 amide bonds. The number of amides is 1. The first kappa shape index (κ1) is 19.6. The predicted octanol–water partition coefficient (Wildman–Crippen LogP) is 4.66. The normalized spacial score (nSPS) is 17.6. The van der Waals surface area contributed by atoms with Crippen LogP contribution in [0.15, 0.2) is 42.5 Å². The summed E-state index contributed by atoms with van der Waals surface area (Å²) in [7, 11) is 1.64. The van der Waals surface area contributed by atoms with Gasteiger partial charge in [-0.2, -0.15) is 0 Å². The van der Waals surface area contributed by atoms with Crippen molar-refractivity contribution in [3.63, 3.8) is 0 Å². The van der Waals surface area contributed by atoms with E-state index in [9.17, 15) is 4.79 Å². The summed E-state index contributed by atoms with van der Waals surface area (Å²) >= 11 is 1.64. The van der Waals surface area contributed by atoms with Crippen molar-refractivity contribution in [2.24, 2.45) is 0 Å². The predicted molar refractivity (Wildman–Crippen MR) is 111 cm³/mol. The molecule has 1 N–H and O–H groups in total. The number of thioether (sulfide) groups is 1. The summed E-state index contributed by atoms with van der Waals surface area (Å²) in [5.41, 5.74) is 3.21. The van der Waals surface area contributed by atoms with Crippen LogP contribution in [0.2, 0.25) is 0 Å². The van der Waals surface area contributed by atoms with E-state index >= 15 is 0 Å². The number of methoxy groups -OCH3 is 1. The number of benzene rings is 2. The molecule has 2 aromatic rings. The zero-order valence-corrected chi connectivity index (χ0v) is 17.2. The molecule has 27 heavy (non-hydrogen) atoms. The monoisotopic (exact) mass is 385 g/mol. The van der Waals surface area contributed by atoms with Gasteiger partial charge in [-0.05, 0) is 44.0 Å². The quantitative estimate of drug-likeness (QED) is 0.786. The second-order valence-corrected chi connectivity index (χ2v) is 8.49. The molecule has 0 saturated heterocycles. The van der Waals surface area contributed by atoms with Crippen molar-refractivity contribution in [1.82, 2.24) is 5.32 Å². The minimum absolute atomic E-state index is 0.0538. The number of aryl methyl sites for hydroxylation is 1. The van der Waals surface area contributed by atoms with Crippen LogP contribution in [-0.2, 0) is 10.5 Å². The summed E-state index contributed by atoms with van der Waals surface area (Å²) < 4.78 is 11.4. The smallest absolute Gasteiger partial charge is 0.230 e. The van der Waals surface area contributed by atoms with Crippen LogP contribution in [0.25, 0.3) is 0 Å². The summed E-state index contributed by atoms with van der Waals surface area (Å²) in [4.78, 5) is 12.5. The van der Waals surface area contributed by atoms with Gasteiger partial charge in [0, 0.05) is 23.8 Å². The molecule has 0 fully saturated rings. The van der Waals surface area contributed by atoms with Crippen LogP contribution in [-0.4, -0.2) is 24.4 Å². The molecule has 1 aliphatic rings. The summed E-state index contributed by atoms with van der Waals surface area (Å²) in [6.07, 6.45) is 0.737. The van der Waals surface area contributed by atoms with Crippen molar-refractivity contribution in [3.8, 4) is 11.5 Å². The third-order valence-corrected chi connectivity index (χ3v) is 5.75. The Labute approximate surface area is 165 Å². The van der Waals surface area contributed by atoms with E-state index in [-0.39, 0.29) is 17.6 Å². The maximum atomic E-state index is 12.5. The molecule has 0 radical (unpaired) electrons. The number of ether oxygens (including phenoxy) is 2. The number of carbonyl (C=O) groups is 1. The van der Waals surface area contributed by atoms with Gasteiger partial charge in [0.25, 0.3) is 0 Å². The van der Waals surface area contributed by atoms with Crippen LogP contribution in [0.3, 0.4) is 0 Å². The van der Waals surface area contributed by atoms with Gasteiger partial charge < -0.3 is 14.8 Å². The average molecular weight is 386 g/mol. The fraction of sp³-hybridized carbons (Fsp3) is 0.409. The number of rotatable bonds is 6. The summed E-state index contributed by atoms with van der Waals surface area (Å²) in [5.74, 6) is 2.87. The zero-order valence-electron chi connectivity index (χ0n) is 16.4. The molecular formula is C22H27NO3S. The van der Waals surface area contributed by atoms with Gasteiger partial charge in [0.05, 0.1) is 18.9 Å². The highest BCUT2D eigenvalue weighted by Crippen LogP contribution is 2.41. The summed E-state index contributed by atoms with van der Waals surface area (Å²) in [6.45, 7) is 6.19. The van der Waals surface area contributed by atoms with Crippen molar-refractivity contribution in [1.29, 1.82) is 0 Å².